The molecule has 0 bridgehead atoms. The second-order valence-corrected chi connectivity index (χ2v) is 5.70. The fraction of sp³-hybridized carbons (Fsp3) is 0.400. The number of hydrogen-bond donors (Lipinski definition) is 1. The van der Waals surface area contributed by atoms with E-state index in [9.17, 15) is 5.11 Å². The van der Waals surface area contributed by atoms with Gasteiger partial charge in [0.15, 0.2) is 0 Å². The molecule has 2 aromatic rings. The standard InChI is InChI=1S/C20H26O4/c1-22-16-24-20(19(21)14-17-8-4-2-5-9-17)12-13-23-15-18-10-6-3-7-11-18/h2-11,19-21H,12-16H2,1H3/t19-,20-/m1/s1. The highest BCUT2D eigenvalue weighted by molar-refractivity contribution is 5.16. The quantitative estimate of drug-likeness (QED) is 0.508. The van der Waals surface area contributed by atoms with E-state index < -0.39 is 6.10 Å². The molecule has 0 aromatic heterocycles. The predicted octanol–water partition coefficient (Wildman–Crippen LogP) is 3.19. The molecule has 0 fully saturated rings. The minimum Gasteiger partial charge on any atom is -0.390 e. The Labute approximate surface area is 144 Å². The second kappa shape index (κ2) is 10.9. The van der Waals surface area contributed by atoms with Crippen molar-refractivity contribution in [3.05, 3.63) is 71.8 Å². The van der Waals surface area contributed by atoms with Crippen LogP contribution in [0.2, 0.25) is 0 Å². The van der Waals surface area contributed by atoms with Crippen molar-refractivity contribution >= 4 is 0 Å². The molecule has 0 spiro atoms. The van der Waals surface area contributed by atoms with E-state index in [1.54, 1.807) is 7.11 Å². The first-order valence-corrected chi connectivity index (χ1v) is 8.24. The lowest BCUT2D eigenvalue weighted by Gasteiger charge is -2.23. The molecule has 4 heteroatoms. The monoisotopic (exact) mass is 330 g/mol. The summed E-state index contributed by atoms with van der Waals surface area (Å²) in [5.41, 5.74) is 2.22. The van der Waals surface area contributed by atoms with Crippen molar-refractivity contribution in [1.82, 2.24) is 0 Å². The fourth-order valence-electron chi connectivity index (χ4n) is 2.49. The Kier molecular flexibility index (Phi) is 8.49. The van der Waals surface area contributed by atoms with Crippen LogP contribution in [0.1, 0.15) is 17.5 Å². The van der Waals surface area contributed by atoms with Crippen LogP contribution in [0.4, 0.5) is 0 Å². The van der Waals surface area contributed by atoms with Crippen LogP contribution in [-0.4, -0.2) is 37.8 Å². The molecule has 0 saturated carbocycles. The molecule has 0 radical (unpaired) electrons. The highest BCUT2D eigenvalue weighted by Crippen LogP contribution is 2.12. The molecule has 0 aliphatic rings. The van der Waals surface area contributed by atoms with E-state index in [1.165, 1.54) is 0 Å². The number of aliphatic hydroxyl groups is 1. The van der Waals surface area contributed by atoms with Gasteiger partial charge in [-0.25, -0.2) is 0 Å². The Hall–Kier alpha value is -1.72. The predicted molar refractivity (Wildman–Crippen MR) is 93.6 cm³/mol. The smallest absolute Gasteiger partial charge is 0.146 e. The van der Waals surface area contributed by atoms with E-state index in [1.807, 2.05) is 60.7 Å². The normalized spacial score (nSPS) is 13.6. The van der Waals surface area contributed by atoms with Crippen molar-refractivity contribution in [2.75, 3.05) is 20.5 Å². The molecule has 4 nitrogen and oxygen atoms in total. The van der Waals surface area contributed by atoms with Gasteiger partial charge in [0.1, 0.15) is 6.79 Å². The maximum atomic E-state index is 10.5. The lowest BCUT2D eigenvalue weighted by molar-refractivity contribution is -0.120. The van der Waals surface area contributed by atoms with Crippen LogP contribution in [0, 0.1) is 0 Å². The van der Waals surface area contributed by atoms with Gasteiger partial charge in [0, 0.05) is 20.1 Å². The summed E-state index contributed by atoms with van der Waals surface area (Å²) in [7, 11) is 1.58. The molecule has 2 rings (SSSR count). The van der Waals surface area contributed by atoms with Crippen molar-refractivity contribution in [2.24, 2.45) is 0 Å². The largest absolute Gasteiger partial charge is 0.390 e. The Morgan fingerprint density at radius 2 is 1.54 bits per heavy atom. The summed E-state index contributed by atoms with van der Waals surface area (Å²) in [6, 6.07) is 19.9. The van der Waals surface area contributed by atoms with E-state index in [0.717, 1.165) is 11.1 Å². The molecule has 0 aliphatic carbocycles. The third-order valence-electron chi connectivity index (χ3n) is 3.78. The first-order chi connectivity index (χ1) is 11.8. The van der Waals surface area contributed by atoms with Gasteiger partial charge < -0.3 is 19.3 Å². The van der Waals surface area contributed by atoms with E-state index in [4.69, 9.17) is 14.2 Å². The summed E-state index contributed by atoms with van der Waals surface area (Å²) >= 11 is 0. The molecule has 0 amide bonds. The van der Waals surface area contributed by atoms with E-state index in [0.29, 0.717) is 26.1 Å². The highest BCUT2D eigenvalue weighted by atomic mass is 16.7. The van der Waals surface area contributed by atoms with Gasteiger partial charge in [-0.3, -0.25) is 0 Å². The first kappa shape index (κ1) is 18.6. The summed E-state index contributed by atoms with van der Waals surface area (Å²) in [6.45, 7) is 1.25. The number of rotatable bonds is 11. The number of methoxy groups -OCH3 is 1. The van der Waals surface area contributed by atoms with Crippen molar-refractivity contribution in [1.29, 1.82) is 0 Å². The van der Waals surface area contributed by atoms with Crippen LogP contribution in [0.3, 0.4) is 0 Å². The average molecular weight is 330 g/mol. The van der Waals surface area contributed by atoms with Gasteiger partial charge in [0.25, 0.3) is 0 Å². The molecule has 0 aliphatic heterocycles. The molecule has 0 saturated heterocycles. The van der Waals surface area contributed by atoms with E-state index in [2.05, 4.69) is 0 Å². The zero-order valence-corrected chi connectivity index (χ0v) is 14.1. The van der Waals surface area contributed by atoms with Gasteiger partial charge in [-0.1, -0.05) is 60.7 Å². The summed E-state index contributed by atoms with van der Waals surface area (Å²) in [4.78, 5) is 0. The lowest BCUT2D eigenvalue weighted by atomic mass is 10.0. The Balaban J connectivity index is 1.78. The third-order valence-corrected chi connectivity index (χ3v) is 3.78. The van der Waals surface area contributed by atoms with Gasteiger partial charge in [-0.05, 0) is 17.5 Å². The van der Waals surface area contributed by atoms with Gasteiger partial charge in [0.2, 0.25) is 0 Å². The molecular weight excluding hydrogens is 304 g/mol. The zero-order valence-electron chi connectivity index (χ0n) is 14.1. The molecule has 24 heavy (non-hydrogen) atoms. The first-order valence-electron chi connectivity index (χ1n) is 8.24. The maximum Gasteiger partial charge on any atom is 0.146 e. The highest BCUT2D eigenvalue weighted by Gasteiger charge is 2.20. The van der Waals surface area contributed by atoms with Crippen LogP contribution in [0.5, 0.6) is 0 Å². The van der Waals surface area contributed by atoms with Crippen molar-refractivity contribution in [3.8, 4) is 0 Å². The van der Waals surface area contributed by atoms with Gasteiger partial charge >= 0.3 is 0 Å². The van der Waals surface area contributed by atoms with Gasteiger partial charge in [-0.2, -0.15) is 0 Å². The molecule has 2 aromatic carbocycles. The summed E-state index contributed by atoms with van der Waals surface area (Å²) < 4.78 is 16.3. The third kappa shape index (κ3) is 6.81. The van der Waals surface area contributed by atoms with Crippen molar-refractivity contribution < 1.29 is 19.3 Å². The van der Waals surface area contributed by atoms with Crippen LogP contribution >= 0.6 is 0 Å². The molecule has 0 heterocycles. The molecule has 2 atom stereocenters. The number of ether oxygens (including phenoxy) is 3. The Morgan fingerprint density at radius 1 is 0.917 bits per heavy atom. The van der Waals surface area contributed by atoms with Crippen LogP contribution in [0.15, 0.2) is 60.7 Å². The molecule has 130 valence electrons. The maximum absolute atomic E-state index is 10.5. The van der Waals surface area contributed by atoms with Crippen LogP contribution in [-0.2, 0) is 27.2 Å². The van der Waals surface area contributed by atoms with Gasteiger partial charge in [-0.15, -0.1) is 0 Å². The number of hydrogen-bond acceptors (Lipinski definition) is 4. The minimum atomic E-state index is -0.595. The van der Waals surface area contributed by atoms with Crippen molar-refractivity contribution in [3.63, 3.8) is 0 Å². The van der Waals surface area contributed by atoms with Crippen molar-refractivity contribution in [2.45, 2.75) is 31.7 Å². The average Bonchev–Trinajstić information content (AvgIpc) is 2.62. The Bertz CT molecular complexity index is 544. The van der Waals surface area contributed by atoms with E-state index >= 15 is 0 Å². The Morgan fingerprint density at radius 3 is 2.17 bits per heavy atom. The molecular formula is C20H26O4. The zero-order chi connectivity index (χ0) is 17.0. The number of benzene rings is 2. The van der Waals surface area contributed by atoms with Gasteiger partial charge in [0.05, 0.1) is 18.8 Å². The minimum absolute atomic E-state index is 0.162. The van der Waals surface area contributed by atoms with Crippen LogP contribution in [0.25, 0.3) is 0 Å². The van der Waals surface area contributed by atoms with Crippen LogP contribution < -0.4 is 0 Å². The SMILES string of the molecule is COCO[C@H](CCOCc1ccccc1)[C@H](O)Cc1ccccc1. The second-order valence-electron chi connectivity index (χ2n) is 5.70. The fourth-order valence-corrected chi connectivity index (χ4v) is 2.49. The molecule has 0 unspecified atom stereocenters. The molecule has 1 N–H and O–H groups in total. The summed E-state index contributed by atoms with van der Waals surface area (Å²) in [5, 5.41) is 10.5. The topological polar surface area (TPSA) is 47.9 Å². The van der Waals surface area contributed by atoms with E-state index in [-0.39, 0.29) is 12.9 Å². The number of aliphatic hydroxyl groups excluding tert-OH is 1. The lowest BCUT2D eigenvalue weighted by Crippen LogP contribution is -2.32. The summed E-state index contributed by atoms with van der Waals surface area (Å²) in [6.07, 6.45) is 0.252. The summed E-state index contributed by atoms with van der Waals surface area (Å²) in [5.74, 6) is 0.